The molecule has 1 saturated carbocycles. The molecule has 1 heterocycles. The molecular formula is C22H29FN2O6S. The Kier molecular flexibility index (Phi) is 8.25. The molecule has 1 aromatic heterocycles. The highest BCUT2D eigenvalue weighted by atomic mass is 32.2. The second-order valence-electron chi connectivity index (χ2n) is 8.13. The van der Waals surface area contributed by atoms with E-state index in [0.717, 1.165) is 18.4 Å². The second-order valence-corrected chi connectivity index (χ2v) is 10.4. The minimum atomic E-state index is -3.37. The van der Waals surface area contributed by atoms with Crippen LogP contribution in [0.5, 0.6) is 5.75 Å². The highest BCUT2D eigenvalue weighted by Crippen LogP contribution is 2.32. The lowest BCUT2D eigenvalue weighted by Gasteiger charge is -2.17. The summed E-state index contributed by atoms with van der Waals surface area (Å²) in [6.07, 6.45) is 4.38. The summed E-state index contributed by atoms with van der Waals surface area (Å²) in [5.41, 5.74) is -0.335. The summed E-state index contributed by atoms with van der Waals surface area (Å²) >= 11 is 0. The van der Waals surface area contributed by atoms with E-state index in [1.807, 2.05) is 6.92 Å². The maximum Gasteiger partial charge on any atom is 0.330 e. The molecule has 1 aliphatic carbocycles. The van der Waals surface area contributed by atoms with Crippen LogP contribution in [0, 0.1) is 11.7 Å². The number of hydrogen-bond acceptors (Lipinski definition) is 6. The van der Waals surface area contributed by atoms with Crippen molar-refractivity contribution in [2.45, 2.75) is 45.3 Å². The molecule has 1 aromatic carbocycles. The lowest BCUT2D eigenvalue weighted by molar-refractivity contribution is 0.0745. The van der Waals surface area contributed by atoms with E-state index in [1.54, 1.807) is 12.1 Å². The van der Waals surface area contributed by atoms with Gasteiger partial charge < -0.3 is 9.47 Å². The van der Waals surface area contributed by atoms with E-state index in [2.05, 4.69) is 4.98 Å². The van der Waals surface area contributed by atoms with Crippen LogP contribution in [0.4, 0.5) is 4.39 Å². The fourth-order valence-corrected chi connectivity index (χ4v) is 5.07. The predicted molar refractivity (Wildman–Crippen MR) is 118 cm³/mol. The molecule has 1 unspecified atom stereocenters. The topological polar surface area (TPSA) is 107 Å². The standard InChI is InChI=1S/C22H29FN2O6S/c1-2-17(18-6-7-19(23)20(12-18)31-13-16-4-5-16)14-32(28,29)11-3-10-30-15-25-9-8-21(26)24-22(25)27/h6-9,12,16-17H,2-5,10-11,13-15H2,1H3,(H,24,26,27). The van der Waals surface area contributed by atoms with E-state index in [4.69, 9.17) is 9.47 Å². The normalized spacial score (nSPS) is 14.9. The first-order chi connectivity index (χ1) is 15.3. The third-order valence-electron chi connectivity index (χ3n) is 5.42. The van der Waals surface area contributed by atoms with Gasteiger partial charge in [0.15, 0.2) is 21.4 Å². The minimum Gasteiger partial charge on any atom is -0.490 e. The van der Waals surface area contributed by atoms with Crippen LogP contribution >= 0.6 is 0 Å². The fourth-order valence-electron chi connectivity index (χ4n) is 3.31. The molecular weight excluding hydrogens is 439 g/mol. The molecule has 1 fully saturated rings. The van der Waals surface area contributed by atoms with Crippen molar-refractivity contribution >= 4 is 9.84 Å². The summed E-state index contributed by atoms with van der Waals surface area (Å²) in [6.45, 7) is 2.46. The SMILES string of the molecule is CCC(CS(=O)(=O)CCCOCn1ccc(=O)[nH]c1=O)c1ccc(F)c(OCC2CC2)c1. The smallest absolute Gasteiger partial charge is 0.330 e. The molecule has 0 bridgehead atoms. The molecule has 1 atom stereocenters. The molecule has 1 N–H and O–H groups in total. The van der Waals surface area contributed by atoms with E-state index in [1.165, 1.54) is 22.9 Å². The number of nitrogens with one attached hydrogen (secondary N) is 1. The number of rotatable bonds is 13. The van der Waals surface area contributed by atoms with Gasteiger partial charge in [-0.3, -0.25) is 14.3 Å². The van der Waals surface area contributed by atoms with Gasteiger partial charge in [-0.2, -0.15) is 0 Å². The van der Waals surface area contributed by atoms with Crippen molar-refractivity contribution < 1.29 is 22.3 Å². The van der Waals surface area contributed by atoms with Crippen molar-refractivity contribution in [1.82, 2.24) is 9.55 Å². The van der Waals surface area contributed by atoms with Gasteiger partial charge >= 0.3 is 5.69 Å². The van der Waals surface area contributed by atoms with Gasteiger partial charge in [-0.15, -0.1) is 0 Å². The lowest BCUT2D eigenvalue weighted by Crippen LogP contribution is -2.29. The van der Waals surface area contributed by atoms with Crippen LogP contribution in [-0.2, 0) is 21.3 Å². The summed E-state index contributed by atoms with van der Waals surface area (Å²) in [4.78, 5) is 24.7. The lowest BCUT2D eigenvalue weighted by atomic mass is 9.98. The maximum absolute atomic E-state index is 14.1. The zero-order valence-electron chi connectivity index (χ0n) is 18.1. The predicted octanol–water partition coefficient (Wildman–Crippen LogP) is 2.44. The van der Waals surface area contributed by atoms with Crippen molar-refractivity contribution in [3.8, 4) is 5.75 Å². The molecule has 0 aliphatic heterocycles. The van der Waals surface area contributed by atoms with E-state index < -0.39 is 26.9 Å². The quantitative estimate of drug-likeness (QED) is 0.453. The van der Waals surface area contributed by atoms with Crippen molar-refractivity contribution in [2.24, 2.45) is 5.92 Å². The number of nitrogens with zero attached hydrogens (tertiary/aromatic N) is 1. The van der Waals surface area contributed by atoms with Gasteiger partial charge in [0.1, 0.15) is 6.73 Å². The van der Waals surface area contributed by atoms with E-state index >= 15 is 0 Å². The minimum absolute atomic E-state index is 0.0451. The Morgan fingerprint density at radius 2 is 2.03 bits per heavy atom. The molecule has 1 aliphatic rings. The van der Waals surface area contributed by atoms with E-state index in [-0.39, 0.29) is 42.9 Å². The molecule has 2 aromatic rings. The number of sulfone groups is 1. The van der Waals surface area contributed by atoms with Crippen LogP contribution in [0.2, 0.25) is 0 Å². The first kappa shape index (κ1) is 24.2. The van der Waals surface area contributed by atoms with Crippen LogP contribution < -0.4 is 16.0 Å². The Bertz CT molecular complexity index is 1120. The summed E-state index contributed by atoms with van der Waals surface area (Å²) in [5.74, 6) is -0.135. The number of benzene rings is 1. The largest absolute Gasteiger partial charge is 0.490 e. The number of halogens is 1. The molecule has 176 valence electrons. The van der Waals surface area contributed by atoms with Gasteiger partial charge in [-0.1, -0.05) is 13.0 Å². The van der Waals surface area contributed by atoms with Gasteiger partial charge in [0, 0.05) is 18.9 Å². The van der Waals surface area contributed by atoms with Gasteiger partial charge in [-0.05, 0) is 55.2 Å². The average Bonchev–Trinajstić information content (AvgIpc) is 3.57. The van der Waals surface area contributed by atoms with Crippen molar-refractivity contribution in [2.75, 3.05) is 24.7 Å². The summed E-state index contributed by atoms with van der Waals surface area (Å²) in [7, 11) is -3.37. The Balaban J connectivity index is 1.49. The molecule has 0 radical (unpaired) electrons. The molecule has 8 nitrogen and oxygen atoms in total. The first-order valence-corrected chi connectivity index (χ1v) is 12.6. The number of hydrogen-bond donors (Lipinski definition) is 1. The third-order valence-corrected chi connectivity index (χ3v) is 7.24. The monoisotopic (exact) mass is 468 g/mol. The molecule has 0 amide bonds. The number of ether oxygens (including phenoxy) is 2. The average molecular weight is 469 g/mol. The van der Waals surface area contributed by atoms with Gasteiger partial charge in [-0.25, -0.2) is 17.6 Å². The first-order valence-electron chi connectivity index (χ1n) is 10.8. The molecule has 10 heteroatoms. The van der Waals surface area contributed by atoms with E-state index in [0.29, 0.717) is 18.9 Å². The zero-order chi connectivity index (χ0) is 23.1. The van der Waals surface area contributed by atoms with Crippen LogP contribution in [0.3, 0.4) is 0 Å². The number of aromatic amines is 1. The zero-order valence-corrected chi connectivity index (χ0v) is 18.9. The molecule has 32 heavy (non-hydrogen) atoms. The molecule has 0 saturated heterocycles. The number of H-pyrrole nitrogens is 1. The summed E-state index contributed by atoms with van der Waals surface area (Å²) in [6, 6.07) is 5.78. The third kappa shape index (κ3) is 7.30. The maximum atomic E-state index is 14.1. The van der Waals surface area contributed by atoms with Gasteiger partial charge in [0.25, 0.3) is 5.56 Å². The highest BCUT2D eigenvalue weighted by Gasteiger charge is 2.24. The Morgan fingerprint density at radius 3 is 2.72 bits per heavy atom. The van der Waals surface area contributed by atoms with E-state index in [9.17, 15) is 22.4 Å². The van der Waals surface area contributed by atoms with Crippen LogP contribution in [-0.4, -0.2) is 42.7 Å². The Labute approximate surface area is 186 Å². The van der Waals surface area contributed by atoms with Crippen molar-refractivity contribution in [1.29, 1.82) is 0 Å². The van der Waals surface area contributed by atoms with Crippen LogP contribution in [0.25, 0.3) is 0 Å². The molecule has 3 rings (SSSR count). The fraction of sp³-hybridized carbons (Fsp3) is 0.545. The van der Waals surface area contributed by atoms with Gasteiger partial charge in [0.05, 0.1) is 18.1 Å². The summed E-state index contributed by atoms with van der Waals surface area (Å²) < 4.78 is 51.4. The summed E-state index contributed by atoms with van der Waals surface area (Å²) in [5, 5.41) is 0. The number of aromatic nitrogens is 2. The Hall–Kier alpha value is -2.46. The highest BCUT2D eigenvalue weighted by molar-refractivity contribution is 7.91. The second kappa shape index (κ2) is 10.9. The van der Waals surface area contributed by atoms with Gasteiger partial charge in [0.2, 0.25) is 0 Å². The van der Waals surface area contributed by atoms with Crippen LogP contribution in [0.1, 0.15) is 44.1 Å². The Morgan fingerprint density at radius 1 is 1.25 bits per heavy atom. The molecule has 0 spiro atoms. The van der Waals surface area contributed by atoms with Crippen LogP contribution in [0.15, 0.2) is 40.1 Å². The van der Waals surface area contributed by atoms with Crippen molar-refractivity contribution in [3.05, 3.63) is 62.7 Å². The van der Waals surface area contributed by atoms with Crippen molar-refractivity contribution in [3.63, 3.8) is 0 Å².